The van der Waals surface area contributed by atoms with Gasteiger partial charge < -0.3 is 5.73 Å². The van der Waals surface area contributed by atoms with E-state index < -0.39 is 11.6 Å². The molecule has 1 aliphatic carbocycles. The second-order valence-electron chi connectivity index (χ2n) is 5.19. The van der Waals surface area contributed by atoms with Crippen molar-refractivity contribution >= 4 is 11.6 Å². The minimum Gasteiger partial charge on any atom is -0.395 e. The zero-order valence-corrected chi connectivity index (χ0v) is 11.9. The third-order valence-electron chi connectivity index (χ3n) is 3.55. The van der Waals surface area contributed by atoms with Gasteiger partial charge in [0.25, 0.3) is 0 Å². The van der Waals surface area contributed by atoms with E-state index in [1.165, 1.54) is 51.0 Å². The molecule has 0 atom stereocenters. The summed E-state index contributed by atoms with van der Waals surface area (Å²) in [4.78, 5) is 22.5. The zero-order chi connectivity index (χ0) is 14.1. The Balaban J connectivity index is 2.15. The van der Waals surface area contributed by atoms with Crippen LogP contribution in [0.4, 0.5) is 0 Å². The molecule has 0 saturated carbocycles. The highest BCUT2D eigenvalue weighted by atomic mass is 16.2. The van der Waals surface area contributed by atoms with Gasteiger partial charge >= 0.3 is 0 Å². The summed E-state index contributed by atoms with van der Waals surface area (Å²) in [6.07, 6.45) is 13.9. The van der Waals surface area contributed by atoms with E-state index in [0.717, 1.165) is 18.4 Å². The van der Waals surface area contributed by atoms with Gasteiger partial charge in [-0.2, -0.15) is 0 Å². The van der Waals surface area contributed by atoms with Crippen LogP contribution in [0.5, 0.6) is 0 Å². The molecule has 0 aromatic rings. The van der Waals surface area contributed by atoms with Gasteiger partial charge in [-0.15, -0.1) is 0 Å². The highest BCUT2D eigenvalue weighted by Crippen LogP contribution is 2.18. The third-order valence-corrected chi connectivity index (χ3v) is 3.55. The first-order chi connectivity index (χ1) is 9.16. The fourth-order valence-corrected chi connectivity index (χ4v) is 2.29. The van der Waals surface area contributed by atoms with Crippen LogP contribution >= 0.6 is 0 Å². The van der Waals surface area contributed by atoms with E-state index in [-0.39, 0.29) is 5.70 Å². The van der Waals surface area contributed by atoms with Crippen molar-refractivity contribution in [1.82, 2.24) is 0 Å². The van der Waals surface area contributed by atoms with E-state index in [9.17, 15) is 9.59 Å². The van der Waals surface area contributed by atoms with Crippen LogP contribution < -0.4 is 5.73 Å². The lowest BCUT2D eigenvalue weighted by atomic mass is 9.96. The van der Waals surface area contributed by atoms with Crippen LogP contribution in [0.1, 0.15) is 64.7 Å². The highest BCUT2D eigenvalue weighted by molar-refractivity contribution is 6.48. The van der Waals surface area contributed by atoms with Crippen LogP contribution in [0, 0.1) is 0 Å². The first-order valence-electron chi connectivity index (χ1n) is 7.42. The first-order valence-corrected chi connectivity index (χ1v) is 7.42. The Kier molecular flexibility index (Phi) is 7.16. The van der Waals surface area contributed by atoms with Gasteiger partial charge in [-0.25, -0.2) is 0 Å². The highest BCUT2D eigenvalue weighted by Gasteiger charge is 2.20. The van der Waals surface area contributed by atoms with Crippen molar-refractivity contribution in [2.24, 2.45) is 5.73 Å². The fraction of sp³-hybridized carbons (Fsp3) is 0.625. The second kappa shape index (κ2) is 8.68. The molecular formula is C16H25NO2. The SMILES string of the molecule is CCCCCCCCCCC1=C(N)C(=O)C(=O)C=C1. The molecule has 2 N–H and O–H groups in total. The van der Waals surface area contributed by atoms with Crippen LogP contribution in [0.15, 0.2) is 23.4 Å². The molecule has 0 saturated heterocycles. The molecule has 0 bridgehead atoms. The molecule has 0 spiro atoms. The van der Waals surface area contributed by atoms with Gasteiger partial charge in [-0.05, 0) is 24.5 Å². The second-order valence-corrected chi connectivity index (χ2v) is 5.19. The van der Waals surface area contributed by atoms with Crippen molar-refractivity contribution in [3.8, 4) is 0 Å². The fourth-order valence-electron chi connectivity index (χ4n) is 2.29. The van der Waals surface area contributed by atoms with Gasteiger partial charge in [-0.1, -0.05) is 57.9 Å². The van der Waals surface area contributed by atoms with Gasteiger partial charge in [0.05, 0.1) is 5.70 Å². The number of hydrogen-bond acceptors (Lipinski definition) is 3. The summed E-state index contributed by atoms with van der Waals surface area (Å²) < 4.78 is 0. The first kappa shape index (κ1) is 15.7. The van der Waals surface area contributed by atoms with Crippen LogP contribution in [0.2, 0.25) is 0 Å². The summed E-state index contributed by atoms with van der Waals surface area (Å²) >= 11 is 0. The van der Waals surface area contributed by atoms with E-state index in [0.29, 0.717) is 0 Å². The Morgan fingerprint density at radius 3 is 2.11 bits per heavy atom. The van der Waals surface area contributed by atoms with Gasteiger partial charge in [-0.3, -0.25) is 9.59 Å². The summed E-state index contributed by atoms with van der Waals surface area (Å²) in [6, 6.07) is 0. The van der Waals surface area contributed by atoms with Crippen LogP contribution in [-0.4, -0.2) is 11.6 Å². The smallest absolute Gasteiger partial charge is 0.248 e. The normalized spacial score (nSPS) is 15.4. The molecule has 0 aromatic carbocycles. The topological polar surface area (TPSA) is 60.2 Å². The standard InChI is InChI=1S/C16H25NO2/c1-2-3-4-5-6-7-8-9-10-13-11-12-14(18)16(19)15(13)17/h11-12H,2-10,17H2,1H3. The van der Waals surface area contributed by atoms with E-state index >= 15 is 0 Å². The number of nitrogens with two attached hydrogens (primary N) is 1. The number of allylic oxidation sites excluding steroid dienone is 4. The monoisotopic (exact) mass is 263 g/mol. The van der Waals surface area contributed by atoms with Crippen molar-refractivity contribution in [3.05, 3.63) is 23.4 Å². The van der Waals surface area contributed by atoms with Gasteiger partial charge in [0.15, 0.2) is 0 Å². The summed E-state index contributed by atoms with van der Waals surface area (Å²) in [7, 11) is 0. The summed E-state index contributed by atoms with van der Waals surface area (Å²) in [5.74, 6) is -1.05. The molecule has 3 nitrogen and oxygen atoms in total. The van der Waals surface area contributed by atoms with Gasteiger partial charge in [0.2, 0.25) is 11.6 Å². The molecule has 0 aromatic heterocycles. The summed E-state index contributed by atoms with van der Waals surface area (Å²) in [6.45, 7) is 2.22. The Morgan fingerprint density at radius 2 is 1.47 bits per heavy atom. The lowest BCUT2D eigenvalue weighted by Crippen LogP contribution is -2.24. The van der Waals surface area contributed by atoms with Gasteiger partial charge in [0, 0.05) is 0 Å². The molecule has 0 unspecified atom stereocenters. The predicted molar refractivity (Wildman–Crippen MR) is 77.6 cm³/mol. The number of carbonyl (C=O) groups is 2. The predicted octanol–water partition coefficient (Wildman–Crippen LogP) is 3.44. The van der Waals surface area contributed by atoms with Crippen molar-refractivity contribution in [2.45, 2.75) is 64.7 Å². The minimum atomic E-state index is -0.544. The van der Waals surface area contributed by atoms with E-state index in [2.05, 4.69) is 6.92 Å². The number of Topliss-reactive ketones (excluding diaryl/α,β-unsaturated/α-hetero) is 1. The molecule has 1 aliphatic rings. The number of rotatable bonds is 9. The molecule has 0 radical (unpaired) electrons. The maximum absolute atomic E-state index is 11.4. The Labute approximate surface area is 115 Å². The molecule has 1 rings (SSSR count). The molecule has 0 amide bonds. The lowest BCUT2D eigenvalue weighted by molar-refractivity contribution is -0.131. The Bertz CT molecular complexity index is 380. The number of unbranched alkanes of at least 4 members (excludes halogenated alkanes) is 7. The zero-order valence-electron chi connectivity index (χ0n) is 11.9. The maximum Gasteiger partial charge on any atom is 0.248 e. The minimum absolute atomic E-state index is 0.149. The molecule has 0 heterocycles. The van der Waals surface area contributed by atoms with E-state index in [1.807, 2.05) is 0 Å². The van der Waals surface area contributed by atoms with E-state index in [1.54, 1.807) is 6.08 Å². The van der Waals surface area contributed by atoms with Crippen molar-refractivity contribution < 1.29 is 9.59 Å². The van der Waals surface area contributed by atoms with Crippen LogP contribution in [-0.2, 0) is 9.59 Å². The molecule has 0 aliphatic heterocycles. The maximum atomic E-state index is 11.4. The number of carbonyl (C=O) groups excluding carboxylic acids is 2. The van der Waals surface area contributed by atoms with Crippen molar-refractivity contribution in [2.75, 3.05) is 0 Å². The molecule has 106 valence electrons. The molecule has 3 heteroatoms. The molecule has 0 fully saturated rings. The third kappa shape index (κ3) is 5.41. The van der Waals surface area contributed by atoms with E-state index in [4.69, 9.17) is 5.73 Å². The molecule has 19 heavy (non-hydrogen) atoms. The summed E-state index contributed by atoms with van der Waals surface area (Å²) in [5.41, 5.74) is 6.64. The van der Waals surface area contributed by atoms with Gasteiger partial charge in [0.1, 0.15) is 0 Å². The van der Waals surface area contributed by atoms with Crippen molar-refractivity contribution in [1.29, 1.82) is 0 Å². The quantitative estimate of drug-likeness (QED) is 0.394. The Morgan fingerprint density at radius 1 is 0.895 bits per heavy atom. The van der Waals surface area contributed by atoms with Crippen molar-refractivity contribution in [3.63, 3.8) is 0 Å². The Hall–Kier alpha value is -1.38. The summed E-state index contributed by atoms with van der Waals surface area (Å²) in [5, 5.41) is 0. The number of hydrogen-bond donors (Lipinski definition) is 1. The average Bonchev–Trinajstić information content (AvgIpc) is 2.41. The number of ketones is 2. The lowest BCUT2D eigenvalue weighted by Gasteiger charge is -2.10. The van der Waals surface area contributed by atoms with Crippen LogP contribution in [0.25, 0.3) is 0 Å². The largest absolute Gasteiger partial charge is 0.395 e. The van der Waals surface area contributed by atoms with Crippen LogP contribution in [0.3, 0.4) is 0 Å². The average molecular weight is 263 g/mol. The molecular weight excluding hydrogens is 238 g/mol.